The zero-order valence-corrected chi connectivity index (χ0v) is 9.24. The van der Waals surface area contributed by atoms with Crippen LogP contribution in [-0.2, 0) is 0 Å². The number of imide groups is 2. The molecule has 0 saturated heterocycles. The van der Waals surface area contributed by atoms with E-state index in [2.05, 4.69) is 10.6 Å². The van der Waals surface area contributed by atoms with Crippen LogP contribution in [0.5, 0.6) is 0 Å². The number of hydrogen-bond donors (Lipinski definition) is 4. The molecule has 2 aliphatic heterocycles. The first-order chi connectivity index (χ1) is 8.52. The Kier molecular flexibility index (Phi) is 3.00. The number of carbonyl (C=O) groups is 3. The maximum Gasteiger partial charge on any atom is 0.339 e. The van der Waals surface area contributed by atoms with E-state index in [0.29, 0.717) is 9.80 Å². The molecule has 0 aromatic heterocycles. The van der Waals surface area contributed by atoms with E-state index in [1.165, 1.54) is 24.6 Å². The molecule has 0 spiro atoms. The van der Waals surface area contributed by atoms with Gasteiger partial charge in [-0.1, -0.05) is 0 Å². The molecule has 0 saturated carbocycles. The molecule has 2 heterocycles. The highest BCUT2D eigenvalue weighted by Gasteiger charge is 2.37. The Morgan fingerprint density at radius 1 is 1.00 bits per heavy atom. The summed E-state index contributed by atoms with van der Waals surface area (Å²) in [6, 6.07) is -2.33. The Bertz CT molecular complexity index is 419. The lowest BCUT2D eigenvalue weighted by molar-refractivity contribution is 0.140. The number of nitrogens with zero attached hydrogens (tertiary/aromatic N) is 2. The Hall–Kier alpha value is -2.39. The highest BCUT2D eigenvalue weighted by Crippen LogP contribution is 2.11. The fourth-order valence-corrected chi connectivity index (χ4v) is 1.56. The quantitative estimate of drug-likeness (QED) is 0.427. The Labute approximate surface area is 102 Å². The molecular formula is C9H12N6O3. The predicted octanol–water partition coefficient (Wildman–Crippen LogP) is -1.25. The summed E-state index contributed by atoms with van der Waals surface area (Å²) in [6.45, 7) is 0. The second-order valence-electron chi connectivity index (χ2n) is 3.62. The van der Waals surface area contributed by atoms with E-state index in [-0.39, 0.29) is 0 Å². The highest BCUT2D eigenvalue weighted by molar-refractivity contribution is 6.03. The summed E-state index contributed by atoms with van der Waals surface area (Å²) in [7, 11) is 0. The number of urea groups is 3. The second kappa shape index (κ2) is 4.47. The Morgan fingerprint density at radius 2 is 1.39 bits per heavy atom. The molecule has 18 heavy (non-hydrogen) atoms. The maximum absolute atomic E-state index is 12.1. The van der Waals surface area contributed by atoms with Gasteiger partial charge in [0.2, 0.25) is 0 Å². The van der Waals surface area contributed by atoms with Gasteiger partial charge in [-0.15, -0.1) is 0 Å². The summed E-state index contributed by atoms with van der Waals surface area (Å²) in [5, 5.41) is 4.60. The van der Waals surface area contributed by atoms with Gasteiger partial charge in [0.05, 0.1) is 0 Å². The molecule has 6 N–H and O–H groups in total. The molecule has 0 aromatic rings. The standard InChI is InChI=1S/C9H12N6O3/c10-5-1-3-12-7(16)14(5)9(18)15-6(11)2-4-13-8(15)17/h1-6H,10-11H2,(H,12,16)(H,13,17). The SMILES string of the molecule is NC1C=CNC(=O)N1C(=O)N1C(=O)NC=CC1N. The van der Waals surface area contributed by atoms with Gasteiger partial charge in [-0.25, -0.2) is 24.2 Å². The van der Waals surface area contributed by atoms with E-state index in [9.17, 15) is 14.4 Å². The van der Waals surface area contributed by atoms with E-state index < -0.39 is 30.4 Å². The largest absolute Gasteiger partial charge is 0.339 e. The lowest BCUT2D eigenvalue weighted by Gasteiger charge is -2.35. The summed E-state index contributed by atoms with van der Waals surface area (Å²) < 4.78 is 0. The van der Waals surface area contributed by atoms with Gasteiger partial charge < -0.3 is 22.1 Å². The Morgan fingerprint density at radius 3 is 1.72 bits per heavy atom. The molecule has 0 aromatic carbocycles. The molecule has 2 atom stereocenters. The van der Waals surface area contributed by atoms with Gasteiger partial charge in [0, 0.05) is 12.4 Å². The summed E-state index contributed by atoms with van der Waals surface area (Å²) in [4.78, 5) is 36.6. The topological polar surface area (TPSA) is 134 Å². The van der Waals surface area contributed by atoms with Crippen LogP contribution in [0.15, 0.2) is 24.6 Å². The molecular weight excluding hydrogens is 240 g/mol. The van der Waals surface area contributed by atoms with Crippen molar-refractivity contribution in [1.82, 2.24) is 20.4 Å². The molecule has 0 fully saturated rings. The summed E-state index contributed by atoms with van der Waals surface area (Å²) >= 11 is 0. The molecule has 0 radical (unpaired) electrons. The number of nitrogens with one attached hydrogen (secondary N) is 2. The minimum absolute atomic E-state index is 0.707. The van der Waals surface area contributed by atoms with Crippen LogP contribution in [-0.4, -0.2) is 40.2 Å². The molecule has 0 aliphatic carbocycles. The fraction of sp³-hybridized carbons (Fsp3) is 0.222. The lowest BCUT2D eigenvalue weighted by Crippen LogP contribution is -2.63. The average molecular weight is 252 g/mol. The third-order valence-corrected chi connectivity index (χ3v) is 2.45. The van der Waals surface area contributed by atoms with Crippen LogP contribution in [0.1, 0.15) is 0 Å². The van der Waals surface area contributed by atoms with Crippen molar-refractivity contribution in [3.63, 3.8) is 0 Å². The molecule has 2 unspecified atom stereocenters. The minimum atomic E-state index is -0.947. The number of amides is 6. The first kappa shape index (κ1) is 12.1. The van der Waals surface area contributed by atoms with Crippen molar-refractivity contribution in [1.29, 1.82) is 0 Å². The minimum Gasteiger partial charge on any atom is -0.314 e. The van der Waals surface area contributed by atoms with E-state index in [4.69, 9.17) is 11.5 Å². The fourth-order valence-electron chi connectivity index (χ4n) is 1.56. The zero-order valence-electron chi connectivity index (χ0n) is 9.24. The van der Waals surface area contributed by atoms with Crippen LogP contribution < -0.4 is 22.1 Å². The van der Waals surface area contributed by atoms with Crippen LogP contribution in [0.2, 0.25) is 0 Å². The van der Waals surface area contributed by atoms with Crippen molar-refractivity contribution in [2.75, 3.05) is 0 Å². The van der Waals surface area contributed by atoms with Crippen molar-refractivity contribution in [2.24, 2.45) is 11.5 Å². The van der Waals surface area contributed by atoms with Gasteiger partial charge in [-0.3, -0.25) is 0 Å². The summed E-state index contributed by atoms with van der Waals surface area (Å²) in [5.41, 5.74) is 11.2. The first-order valence-electron chi connectivity index (χ1n) is 5.10. The molecule has 9 nitrogen and oxygen atoms in total. The van der Waals surface area contributed by atoms with Crippen LogP contribution in [0.4, 0.5) is 14.4 Å². The smallest absolute Gasteiger partial charge is 0.314 e. The normalized spacial score (nSPS) is 27.0. The van der Waals surface area contributed by atoms with Gasteiger partial charge in [-0.2, -0.15) is 0 Å². The van der Waals surface area contributed by atoms with Gasteiger partial charge in [0.25, 0.3) is 0 Å². The maximum atomic E-state index is 12.1. The van der Waals surface area contributed by atoms with Crippen molar-refractivity contribution >= 4 is 18.1 Å². The van der Waals surface area contributed by atoms with Gasteiger partial charge in [-0.05, 0) is 12.2 Å². The van der Waals surface area contributed by atoms with Crippen LogP contribution >= 0.6 is 0 Å². The van der Waals surface area contributed by atoms with E-state index in [1.54, 1.807) is 0 Å². The molecule has 9 heteroatoms. The molecule has 2 aliphatic rings. The average Bonchev–Trinajstić information content (AvgIpc) is 2.28. The van der Waals surface area contributed by atoms with E-state index >= 15 is 0 Å². The number of hydrogen-bond acceptors (Lipinski definition) is 5. The second-order valence-corrected chi connectivity index (χ2v) is 3.62. The van der Waals surface area contributed by atoms with Crippen molar-refractivity contribution in [2.45, 2.75) is 12.3 Å². The monoisotopic (exact) mass is 252 g/mol. The van der Waals surface area contributed by atoms with Crippen molar-refractivity contribution < 1.29 is 14.4 Å². The lowest BCUT2D eigenvalue weighted by atomic mass is 10.3. The van der Waals surface area contributed by atoms with Gasteiger partial charge in [0.1, 0.15) is 12.3 Å². The van der Waals surface area contributed by atoms with Crippen LogP contribution in [0.3, 0.4) is 0 Å². The summed E-state index contributed by atoms with van der Waals surface area (Å²) in [6.07, 6.45) is 3.57. The number of rotatable bonds is 0. The molecule has 6 amide bonds. The molecule has 2 rings (SSSR count). The predicted molar refractivity (Wildman–Crippen MR) is 60.4 cm³/mol. The molecule has 0 bridgehead atoms. The third kappa shape index (κ3) is 1.92. The third-order valence-electron chi connectivity index (χ3n) is 2.45. The molecule has 96 valence electrons. The van der Waals surface area contributed by atoms with E-state index in [1.807, 2.05) is 0 Å². The Balaban J connectivity index is 2.25. The van der Waals surface area contributed by atoms with Crippen molar-refractivity contribution in [3.8, 4) is 0 Å². The van der Waals surface area contributed by atoms with Crippen LogP contribution in [0.25, 0.3) is 0 Å². The van der Waals surface area contributed by atoms with Gasteiger partial charge >= 0.3 is 18.1 Å². The van der Waals surface area contributed by atoms with Crippen molar-refractivity contribution in [3.05, 3.63) is 24.6 Å². The summed E-state index contributed by atoms with van der Waals surface area (Å²) in [5.74, 6) is 0. The number of nitrogens with two attached hydrogens (primary N) is 2. The van der Waals surface area contributed by atoms with Crippen LogP contribution in [0, 0.1) is 0 Å². The van der Waals surface area contributed by atoms with E-state index in [0.717, 1.165) is 0 Å². The zero-order chi connectivity index (χ0) is 13.3. The number of carbonyl (C=O) groups excluding carboxylic acids is 3. The first-order valence-corrected chi connectivity index (χ1v) is 5.10. The van der Waals surface area contributed by atoms with Gasteiger partial charge in [0.15, 0.2) is 0 Å². The highest BCUT2D eigenvalue weighted by atomic mass is 16.2.